The van der Waals surface area contributed by atoms with Crippen molar-refractivity contribution in [2.45, 2.75) is 18.8 Å². The summed E-state index contributed by atoms with van der Waals surface area (Å²) in [6.45, 7) is 1.52. The summed E-state index contributed by atoms with van der Waals surface area (Å²) in [6, 6.07) is 4.93. The van der Waals surface area contributed by atoms with Gasteiger partial charge in [-0.25, -0.2) is 14.2 Å². The van der Waals surface area contributed by atoms with Crippen LogP contribution in [0.4, 0.5) is 4.39 Å². The van der Waals surface area contributed by atoms with Crippen molar-refractivity contribution in [1.82, 2.24) is 9.38 Å². The minimum absolute atomic E-state index is 0.105. The third kappa shape index (κ3) is 2.22. The van der Waals surface area contributed by atoms with Gasteiger partial charge in [-0.2, -0.15) is 0 Å². The predicted molar refractivity (Wildman–Crippen MR) is 67.2 cm³/mol. The summed E-state index contributed by atoms with van der Waals surface area (Å²) in [7, 11) is -5.49. The average Bonchev–Trinajstić information content (AvgIpc) is 2.64. The van der Waals surface area contributed by atoms with Crippen LogP contribution in [0.1, 0.15) is 11.4 Å². The molecule has 9 heteroatoms. The second-order valence-corrected chi connectivity index (χ2v) is 6.15. The number of carbonyl (C=O) groups is 1. The lowest BCUT2D eigenvalue weighted by molar-refractivity contribution is -0.146. The van der Waals surface area contributed by atoms with E-state index in [1.54, 1.807) is 18.2 Å². The zero-order valence-electron chi connectivity index (χ0n) is 10.4. The number of fused-ring (bicyclic) bond motifs is 1. The minimum Gasteiger partial charge on any atom is -0.478 e. The average molecular weight is 302 g/mol. The van der Waals surface area contributed by atoms with E-state index in [2.05, 4.69) is 4.98 Å². The summed E-state index contributed by atoms with van der Waals surface area (Å²) in [5.41, 5.74) is 0.861. The van der Waals surface area contributed by atoms with Crippen molar-refractivity contribution < 1.29 is 28.6 Å². The normalized spacial score (nSPS) is 15.2. The van der Waals surface area contributed by atoms with Gasteiger partial charge in [-0.1, -0.05) is 6.07 Å². The Morgan fingerprint density at radius 3 is 2.70 bits per heavy atom. The topological polar surface area (TPSA) is 112 Å². The van der Waals surface area contributed by atoms with Crippen molar-refractivity contribution in [2.24, 2.45) is 0 Å². The van der Waals surface area contributed by atoms with Crippen LogP contribution in [-0.4, -0.2) is 35.7 Å². The van der Waals surface area contributed by atoms with Gasteiger partial charge < -0.3 is 19.3 Å². The number of hydrogen-bond donors (Lipinski definition) is 3. The van der Waals surface area contributed by atoms with Crippen LogP contribution in [-0.2, 0) is 15.8 Å². The van der Waals surface area contributed by atoms with E-state index in [0.29, 0.717) is 11.3 Å². The fourth-order valence-corrected chi connectivity index (χ4v) is 2.51. The van der Waals surface area contributed by atoms with Crippen molar-refractivity contribution in [3.63, 3.8) is 0 Å². The largest absolute Gasteiger partial charge is 0.478 e. The Labute approximate surface area is 112 Å². The van der Waals surface area contributed by atoms with Crippen molar-refractivity contribution in [3.8, 4) is 0 Å². The summed E-state index contributed by atoms with van der Waals surface area (Å²) in [4.78, 5) is 33.0. The maximum absolute atomic E-state index is 14.3. The molecule has 0 aromatic carbocycles. The van der Waals surface area contributed by atoms with Gasteiger partial charge in [-0.3, -0.25) is 4.57 Å². The summed E-state index contributed by atoms with van der Waals surface area (Å²) in [6.07, 6.45) is 0.552. The van der Waals surface area contributed by atoms with E-state index in [-0.39, 0.29) is 5.69 Å². The van der Waals surface area contributed by atoms with E-state index >= 15 is 0 Å². The quantitative estimate of drug-likeness (QED) is 0.729. The Morgan fingerprint density at radius 1 is 1.50 bits per heavy atom. The molecule has 2 aromatic heterocycles. The van der Waals surface area contributed by atoms with E-state index in [1.807, 2.05) is 0 Å². The Balaban J connectivity index is 2.58. The lowest BCUT2D eigenvalue weighted by atomic mass is 10.2. The number of pyridine rings is 1. The Hall–Kier alpha value is -1.76. The van der Waals surface area contributed by atoms with Crippen LogP contribution in [0.3, 0.4) is 0 Å². The van der Waals surface area contributed by atoms with Crippen LogP contribution in [0.5, 0.6) is 0 Å². The second-order valence-electron chi connectivity index (χ2n) is 4.36. The van der Waals surface area contributed by atoms with Gasteiger partial charge in [0.25, 0.3) is 0 Å². The molecule has 0 saturated carbocycles. The van der Waals surface area contributed by atoms with Crippen molar-refractivity contribution in [3.05, 3.63) is 35.8 Å². The molecule has 0 aliphatic heterocycles. The summed E-state index contributed by atoms with van der Waals surface area (Å²) in [5, 5.41) is 5.16. The first-order chi connectivity index (χ1) is 9.17. The molecule has 2 heterocycles. The van der Waals surface area contributed by atoms with Crippen molar-refractivity contribution in [1.29, 1.82) is 0 Å². The molecule has 0 aliphatic rings. The fourth-order valence-electron chi connectivity index (χ4n) is 1.90. The van der Waals surface area contributed by atoms with Crippen LogP contribution < -0.4 is 0 Å². The number of aromatic nitrogens is 2. The predicted octanol–water partition coefficient (Wildman–Crippen LogP) is 1.11. The zero-order valence-corrected chi connectivity index (χ0v) is 11.3. The van der Waals surface area contributed by atoms with E-state index in [9.17, 15) is 13.8 Å². The first-order valence-corrected chi connectivity index (χ1v) is 7.18. The number of nitrogens with zero attached hydrogens (tertiary/aromatic N) is 2. The molecule has 2 rings (SSSR count). The second kappa shape index (κ2) is 4.66. The maximum atomic E-state index is 14.3. The molecule has 3 N–H and O–H groups in total. The first kappa shape index (κ1) is 14.6. The SMILES string of the molecule is Cc1nc2ccccn2c1CC(F)(C(=O)O)P(=O)(O)O. The van der Waals surface area contributed by atoms with Crippen LogP contribution in [0.2, 0.25) is 0 Å². The Kier molecular flexibility index (Phi) is 3.41. The molecule has 1 atom stereocenters. The van der Waals surface area contributed by atoms with Gasteiger partial charge in [0.2, 0.25) is 0 Å². The molecule has 0 radical (unpaired) electrons. The number of imidazole rings is 1. The Bertz CT molecular complexity index is 725. The molecule has 1 unspecified atom stereocenters. The van der Waals surface area contributed by atoms with Crippen molar-refractivity contribution in [2.75, 3.05) is 0 Å². The van der Waals surface area contributed by atoms with Crippen LogP contribution in [0.25, 0.3) is 5.65 Å². The highest BCUT2D eigenvalue weighted by molar-refractivity contribution is 7.54. The number of aliphatic carboxylic acids is 1. The molecule has 0 spiro atoms. The fraction of sp³-hybridized carbons (Fsp3) is 0.273. The highest BCUT2D eigenvalue weighted by Gasteiger charge is 2.56. The van der Waals surface area contributed by atoms with Crippen LogP contribution in [0.15, 0.2) is 24.4 Å². The maximum Gasteiger partial charge on any atom is 0.374 e. The third-order valence-electron chi connectivity index (χ3n) is 3.02. The number of alkyl halides is 1. The molecule has 0 fully saturated rings. The smallest absolute Gasteiger partial charge is 0.374 e. The molecule has 0 aliphatic carbocycles. The summed E-state index contributed by atoms with van der Waals surface area (Å²) in [5.74, 6) is -2.20. The minimum atomic E-state index is -5.49. The molecule has 2 aromatic rings. The Morgan fingerprint density at radius 2 is 2.15 bits per heavy atom. The van der Waals surface area contributed by atoms with Gasteiger partial charge in [-0.15, -0.1) is 0 Å². The van der Waals surface area contributed by atoms with Gasteiger partial charge in [0.1, 0.15) is 5.65 Å². The number of carboxylic acid groups (broad SMARTS) is 1. The molecule has 0 saturated heterocycles. The van der Waals surface area contributed by atoms with Crippen LogP contribution >= 0.6 is 7.60 Å². The molecule has 0 bridgehead atoms. The van der Waals surface area contributed by atoms with Gasteiger partial charge in [0, 0.05) is 18.3 Å². The van der Waals surface area contributed by atoms with Crippen molar-refractivity contribution >= 4 is 19.2 Å². The highest BCUT2D eigenvalue weighted by atomic mass is 31.2. The molecular weight excluding hydrogens is 290 g/mol. The molecule has 20 heavy (non-hydrogen) atoms. The number of rotatable bonds is 4. The van der Waals surface area contributed by atoms with E-state index < -0.39 is 25.4 Å². The van der Waals surface area contributed by atoms with Gasteiger partial charge >= 0.3 is 19.0 Å². The van der Waals surface area contributed by atoms with Gasteiger partial charge in [0.15, 0.2) is 0 Å². The molecule has 0 amide bonds. The lowest BCUT2D eigenvalue weighted by Crippen LogP contribution is -2.36. The van der Waals surface area contributed by atoms with E-state index in [1.165, 1.54) is 17.5 Å². The monoisotopic (exact) mass is 302 g/mol. The number of aryl methyl sites for hydroxylation is 1. The third-order valence-corrected chi connectivity index (χ3v) is 4.29. The van der Waals surface area contributed by atoms with Gasteiger partial charge in [-0.05, 0) is 19.1 Å². The summed E-state index contributed by atoms with van der Waals surface area (Å²) >= 11 is 0. The number of carboxylic acids is 1. The number of halogens is 1. The molecule has 108 valence electrons. The molecular formula is C11H12FN2O5P. The standard InChI is InChI=1S/C11H12FN2O5P/c1-7-8(14-5-3-2-4-9(14)13-7)6-11(12,10(15)16)20(17,18)19/h2-5H,6H2,1H3,(H,15,16)(H2,17,18,19). The summed E-state index contributed by atoms with van der Waals surface area (Å²) < 4.78 is 26.9. The van der Waals surface area contributed by atoms with E-state index in [4.69, 9.17) is 14.9 Å². The molecule has 7 nitrogen and oxygen atoms in total. The lowest BCUT2D eigenvalue weighted by Gasteiger charge is -2.21. The van der Waals surface area contributed by atoms with E-state index in [0.717, 1.165) is 0 Å². The first-order valence-electron chi connectivity index (χ1n) is 5.57. The van der Waals surface area contributed by atoms with Crippen LogP contribution in [0, 0.1) is 6.92 Å². The highest BCUT2D eigenvalue weighted by Crippen LogP contribution is 2.53. The zero-order chi connectivity index (χ0) is 15.1. The number of hydrogen-bond acceptors (Lipinski definition) is 3. The van der Waals surface area contributed by atoms with Gasteiger partial charge in [0.05, 0.1) is 5.69 Å².